The smallest absolute Gasteiger partial charge is 0.142 e. The third kappa shape index (κ3) is 2.47. The van der Waals surface area contributed by atoms with E-state index in [1.165, 1.54) is 0 Å². The van der Waals surface area contributed by atoms with Crippen LogP contribution in [0.25, 0.3) is 0 Å². The summed E-state index contributed by atoms with van der Waals surface area (Å²) in [4.78, 5) is 6.76. The van der Waals surface area contributed by atoms with Gasteiger partial charge in [0.05, 0.1) is 12.3 Å². The lowest BCUT2D eigenvalue weighted by Gasteiger charge is -2.23. The van der Waals surface area contributed by atoms with E-state index in [9.17, 15) is 0 Å². The summed E-state index contributed by atoms with van der Waals surface area (Å²) in [5.41, 5.74) is 7.99. The van der Waals surface area contributed by atoms with Crippen LogP contribution in [-0.2, 0) is 0 Å². The predicted molar refractivity (Wildman–Crippen MR) is 80.4 cm³/mol. The van der Waals surface area contributed by atoms with E-state index in [0.717, 1.165) is 42.4 Å². The van der Waals surface area contributed by atoms with Crippen LogP contribution in [0.4, 0.5) is 11.5 Å². The zero-order valence-electron chi connectivity index (χ0n) is 11.6. The fraction of sp³-hybridized carbons (Fsp3) is 0.312. The highest BCUT2D eigenvalue weighted by Gasteiger charge is 2.18. The minimum Gasteiger partial charge on any atom is -0.491 e. The maximum absolute atomic E-state index is 5.87. The van der Waals surface area contributed by atoms with Gasteiger partial charge in [0.15, 0.2) is 0 Å². The Kier molecular flexibility index (Phi) is 3.56. The van der Waals surface area contributed by atoms with E-state index in [2.05, 4.69) is 16.0 Å². The molecule has 0 amide bonds. The standard InChI is InChI=1S/C16H19N3O/c1-12(17)13-7-8-16(18-11-13)19-9-4-10-20-15-6-3-2-5-14(15)19/h2-3,5-8,11-12H,4,9-10,17H2,1H3/t12-/m0/s1. The van der Waals surface area contributed by atoms with Gasteiger partial charge in [0.25, 0.3) is 0 Å². The van der Waals surface area contributed by atoms with Crippen molar-refractivity contribution in [3.05, 3.63) is 48.2 Å². The van der Waals surface area contributed by atoms with Crippen LogP contribution < -0.4 is 15.4 Å². The van der Waals surface area contributed by atoms with Crippen molar-refractivity contribution >= 4 is 11.5 Å². The van der Waals surface area contributed by atoms with Crippen molar-refractivity contribution in [1.29, 1.82) is 0 Å². The van der Waals surface area contributed by atoms with Crippen molar-refractivity contribution in [2.45, 2.75) is 19.4 Å². The minimum absolute atomic E-state index is 0.0105. The molecular weight excluding hydrogens is 250 g/mol. The molecule has 0 radical (unpaired) electrons. The SMILES string of the molecule is C[C@H](N)c1ccc(N2CCCOc3ccccc32)nc1. The molecule has 3 rings (SSSR count). The normalized spacial score (nSPS) is 16.0. The Morgan fingerprint density at radius 2 is 2.10 bits per heavy atom. The topological polar surface area (TPSA) is 51.4 Å². The van der Waals surface area contributed by atoms with Gasteiger partial charge in [0.2, 0.25) is 0 Å². The van der Waals surface area contributed by atoms with Crippen molar-refractivity contribution in [1.82, 2.24) is 4.98 Å². The number of para-hydroxylation sites is 2. The second-order valence-corrected chi connectivity index (χ2v) is 5.06. The van der Waals surface area contributed by atoms with E-state index in [1.54, 1.807) is 0 Å². The second kappa shape index (κ2) is 5.51. The molecule has 0 aliphatic carbocycles. The van der Waals surface area contributed by atoms with E-state index in [1.807, 2.05) is 43.5 Å². The van der Waals surface area contributed by atoms with Crippen molar-refractivity contribution in [3.63, 3.8) is 0 Å². The number of pyridine rings is 1. The number of ether oxygens (including phenoxy) is 1. The van der Waals surface area contributed by atoms with E-state index in [0.29, 0.717) is 0 Å². The molecule has 1 aliphatic heterocycles. The molecule has 1 atom stereocenters. The van der Waals surface area contributed by atoms with Crippen LogP contribution in [0.3, 0.4) is 0 Å². The van der Waals surface area contributed by atoms with Gasteiger partial charge in [0.1, 0.15) is 11.6 Å². The van der Waals surface area contributed by atoms with E-state index < -0.39 is 0 Å². The summed E-state index contributed by atoms with van der Waals surface area (Å²) >= 11 is 0. The summed E-state index contributed by atoms with van der Waals surface area (Å²) in [5.74, 6) is 1.86. The van der Waals surface area contributed by atoms with Crippen LogP contribution in [0.5, 0.6) is 5.75 Å². The summed E-state index contributed by atoms with van der Waals surface area (Å²) in [6.45, 7) is 3.61. The molecule has 1 aliphatic rings. The van der Waals surface area contributed by atoms with Gasteiger partial charge >= 0.3 is 0 Å². The molecule has 0 bridgehead atoms. The fourth-order valence-corrected chi connectivity index (χ4v) is 2.39. The van der Waals surface area contributed by atoms with Gasteiger partial charge in [0, 0.05) is 18.8 Å². The molecule has 0 fully saturated rings. The second-order valence-electron chi connectivity index (χ2n) is 5.06. The van der Waals surface area contributed by atoms with Crippen LogP contribution in [0.1, 0.15) is 24.9 Å². The van der Waals surface area contributed by atoms with Gasteiger partial charge in [-0.1, -0.05) is 18.2 Å². The average molecular weight is 269 g/mol. The lowest BCUT2D eigenvalue weighted by molar-refractivity contribution is 0.322. The van der Waals surface area contributed by atoms with E-state index >= 15 is 0 Å². The van der Waals surface area contributed by atoms with Crippen molar-refractivity contribution in [3.8, 4) is 5.75 Å². The summed E-state index contributed by atoms with van der Waals surface area (Å²) in [5, 5.41) is 0. The Bertz CT molecular complexity index is 581. The van der Waals surface area contributed by atoms with Crippen molar-refractivity contribution in [2.24, 2.45) is 5.73 Å². The number of fused-ring (bicyclic) bond motifs is 1. The maximum Gasteiger partial charge on any atom is 0.142 e. The molecule has 1 aromatic carbocycles. The van der Waals surface area contributed by atoms with Crippen LogP contribution in [0.15, 0.2) is 42.6 Å². The van der Waals surface area contributed by atoms with Gasteiger partial charge in [-0.15, -0.1) is 0 Å². The van der Waals surface area contributed by atoms with Crippen LogP contribution in [-0.4, -0.2) is 18.1 Å². The summed E-state index contributed by atoms with van der Waals surface area (Å²) < 4.78 is 5.77. The predicted octanol–water partition coefficient (Wildman–Crippen LogP) is 3.02. The van der Waals surface area contributed by atoms with Gasteiger partial charge in [-0.2, -0.15) is 0 Å². The monoisotopic (exact) mass is 269 g/mol. The number of hydrogen-bond donors (Lipinski definition) is 1. The average Bonchev–Trinajstić information content (AvgIpc) is 2.69. The Hall–Kier alpha value is -2.07. The summed E-state index contributed by atoms with van der Waals surface area (Å²) in [6, 6.07) is 12.2. The number of nitrogens with two attached hydrogens (primary N) is 1. The molecule has 2 N–H and O–H groups in total. The molecule has 1 aromatic heterocycles. The van der Waals surface area contributed by atoms with Crippen molar-refractivity contribution in [2.75, 3.05) is 18.1 Å². The van der Waals surface area contributed by atoms with E-state index in [4.69, 9.17) is 10.5 Å². The fourth-order valence-electron chi connectivity index (χ4n) is 2.39. The molecule has 0 unspecified atom stereocenters. The number of aromatic nitrogens is 1. The van der Waals surface area contributed by atoms with Crippen LogP contribution in [0, 0.1) is 0 Å². The molecule has 2 heterocycles. The first-order valence-electron chi connectivity index (χ1n) is 6.96. The molecular formula is C16H19N3O. The summed E-state index contributed by atoms with van der Waals surface area (Å²) in [6.07, 6.45) is 2.83. The molecule has 104 valence electrons. The Morgan fingerprint density at radius 1 is 1.25 bits per heavy atom. The van der Waals surface area contributed by atoms with Gasteiger partial charge in [-0.05, 0) is 37.1 Å². The highest BCUT2D eigenvalue weighted by molar-refractivity contribution is 5.67. The van der Waals surface area contributed by atoms with Gasteiger partial charge < -0.3 is 15.4 Å². The number of nitrogens with zero attached hydrogens (tertiary/aromatic N) is 2. The Labute approximate surface area is 119 Å². The largest absolute Gasteiger partial charge is 0.491 e. The summed E-state index contributed by atoms with van der Waals surface area (Å²) in [7, 11) is 0. The van der Waals surface area contributed by atoms with E-state index in [-0.39, 0.29) is 6.04 Å². The molecule has 0 saturated carbocycles. The number of rotatable bonds is 2. The third-order valence-electron chi connectivity index (χ3n) is 3.51. The first-order chi connectivity index (χ1) is 9.75. The van der Waals surface area contributed by atoms with Crippen LogP contribution >= 0.6 is 0 Å². The number of benzene rings is 1. The Balaban J connectivity index is 1.97. The molecule has 4 heteroatoms. The number of anilines is 2. The lowest BCUT2D eigenvalue weighted by atomic mass is 10.1. The molecule has 2 aromatic rings. The first kappa shape index (κ1) is 12.9. The lowest BCUT2D eigenvalue weighted by Crippen LogP contribution is -2.19. The molecule has 0 spiro atoms. The zero-order valence-corrected chi connectivity index (χ0v) is 11.6. The zero-order chi connectivity index (χ0) is 13.9. The quantitative estimate of drug-likeness (QED) is 0.910. The Morgan fingerprint density at radius 3 is 2.85 bits per heavy atom. The highest BCUT2D eigenvalue weighted by Crippen LogP contribution is 2.34. The van der Waals surface area contributed by atoms with Crippen molar-refractivity contribution < 1.29 is 4.74 Å². The number of hydrogen-bond acceptors (Lipinski definition) is 4. The van der Waals surface area contributed by atoms with Crippen LogP contribution in [0.2, 0.25) is 0 Å². The van der Waals surface area contributed by atoms with Gasteiger partial charge in [-0.3, -0.25) is 0 Å². The third-order valence-corrected chi connectivity index (χ3v) is 3.51. The molecule has 20 heavy (non-hydrogen) atoms. The van der Waals surface area contributed by atoms with Gasteiger partial charge in [-0.25, -0.2) is 4.98 Å². The first-order valence-corrected chi connectivity index (χ1v) is 6.96. The maximum atomic E-state index is 5.87. The highest BCUT2D eigenvalue weighted by atomic mass is 16.5. The minimum atomic E-state index is 0.0105. The molecule has 0 saturated heterocycles. The molecule has 4 nitrogen and oxygen atoms in total.